The van der Waals surface area contributed by atoms with Crippen LogP contribution in [0.3, 0.4) is 0 Å². The molecule has 0 fully saturated rings. The van der Waals surface area contributed by atoms with Gasteiger partial charge in [-0.05, 0) is 59.7 Å². The van der Waals surface area contributed by atoms with Crippen LogP contribution in [0.4, 0.5) is 11.4 Å². The second kappa shape index (κ2) is 12.7. The zero-order valence-corrected chi connectivity index (χ0v) is 20.5. The van der Waals surface area contributed by atoms with E-state index in [-0.39, 0.29) is 11.8 Å². The van der Waals surface area contributed by atoms with Crippen molar-refractivity contribution in [2.24, 2.45) is 0 Å². The van der Waals surface area contributed by atoms with Crippen LogP contribution in [0.5, 0.6) is 23.0 Å². The van der Waals surface area contributed by atoms with E-state index in [0.29, 0.717) is 34.4 Å². The minimum absolute atomic E-state index is 0.354. The molecule has 0 atom stereocenters. The number of para-hydroxylation sites is 2. The van der Waals surface area contributed by atoms with Crippen LogP contribution in [0.2, 0.25) is 0 Å². The van der Waals surface area contributed by atoms with Gasteiger partial charge in [-0.1, -0.05) is 24.3 Å². The molecule has 2 N–H and O–H groups in total. The normalized spacial score (nSPS) is 10.8. The molecule has 3 aromatic rings. The Morgan fingerprint density at radius 3 is 1.33 bits per heavy atom. The first-order chi connectivity index (χ1) is 17.5. The first kappa shape index (κ1) is 25.9. The fraction of sp³-hybridized carbons (Fsp3) is 0.143. The van der Waals surface area contributed by atoms with Gasteiger partial charge in [0, 0.05) is 12.2 Å². The molecular formula is C28H28N2O6. The monoisotopic (exact) mass is 488 g/mol. The summed E-state index contributed by atoms with van der Waals surface area (Å²) in [4.78, 5) is 25.0. The summed E-state index contributed by atoms with van der Waals surface area (Å²) in [6, 6.07) is 17.6. The van der Waals surface area contributed by atoms with E-state index in [9.17, 15) is 9.59 Å². The van der Waals surface area contributed by atoms with Crippen molar-refractivity contribution < 1.29 is 28.5 Å². The Bertz CT molecular complexity index is 1180. The van der Waals surface area contributed by atoms with Crippen LogP contribution >= 0.6 is 0 Å². The summed E-state index contributed by atoms with van der Waals surface area (Å²) in [5, 5.41) is 5.58. The number of benzene rings is 3. The van der Waals surface area contributed by atoms with Crippen LogP contribution < -0.4 is 29.6 Å². The molecule has 0 aliphatic rings. The average molecular weight is 489 g/mol. The zero-order chi connectivity index (χ0) is 25.9. The lowest BCUT2D eigenvalue weighted by atomic mass is 10.2. The minimum Gasteiger partial charge on any atom is -0.493 e. The minimum atomic E-state index is -0.354. The highest BCUT2D eigenvalue weighted by Crippen LogP contribution is 2.29. The lowest BCUT2D eigenvalue weighted by molar-refractivity contribution is -0.112. The fourth-order valence-corrected chi connectivity index (χ4v) is 3.31. The van der Waals surface area contributed by atoms with Gasteiger partial charge in [0.1, 0.15) is 0 Å². The highest BCUT2D eigenvalue weighted by Gasteiger charge is 2.08. The predicted molar refractivity (Wildman–Crippen MR) is 141 cm³/mol. The summed E-state index contributed by atoms with van der Waals surface area (Å²) in [6.45, 7) is 0. The Kier molecular flexibility index (Phi) is 9.11. The van der Waals surface area contributed by atoms with Crippen molar-refractivity contribution in [3.8, 4) is 23.0 Å². The van der Waals surface area contributed by atoms with Crippen molar-refractivity contribution in [1.29, 1.82) is 0 Å². The highest BCUT2D eigenvalue weighted by molar-refractivity contribution is 6.08. The van der Waals surface area contributed by atoms with Crippen molar-refractivity contribution in [3.05, 3.63) is 83.9 Å². The zero-order valence-electron chi connectivity index (χ0n) is 20.5. The largest absolute Gasteiger partial charge is 0.493 e. The molecule has 0 aromatic heterocycles. The Hall–Kier alpha value is -4.72. The number of nitrogens with one attached hydrogen (secondary N) is 2. The maximum Gasteiger partial charge on any atom is 0.248 e. The molecule has 0 saturated carbocycles. The van der Waals surface area contributed by atoms with Gasteiger partial charge in [-0.15, -0.1) is 0 Å². The first-order valence-corrected chi connectivity index (χ1v) is 11.0. The third kappa shape index (κ3) is 6.89. The Morgan fingerprint density at radius 2 is 0.972 bits per heavy atom. The number of amides is 2. The molecule has 186 valence electrons. The van der Waals surface area contributed by atoms with Gasteiger partial charge < -0.3 is 29.6 Å². The van der Waals surface area contributed by atoms with Crippen LogP contribution in [-0.2, 0) is 9.59 Å². The third-order valence-electron chi connectivity index (χ3n) is 5.11. The summed E-state index contributed by atoms with van der Waals surface area (Å²) < 4.78 is 21.0. The second-order valence-electron chi connectivity index (χ2n) is 7.42. The molecule has 36 heavy (non-hydrogen) atoms. The van der Waals surface area contributed by atoms with Gasteiger partial charge in [-0.25, -0.2) is 0 Å². The summed E-state index contributed by atoms with van der Waals surface area (Å²) in [5.41, 5.74) is 2.47. The van der Waals surface area contributed by atoms with Gasteiger partial charge in [0.05, 0.1) is 39.8 Å². The second-order valence-corrected chi connectivity index (χ2v) is 7.42. The predicted octanol–water partition coefficient (Wildman–Crippen LogP) is 5.02. The summed E-state index contributed by atoms with van der Waals surface area (Å²) in [7, 11) is 6.21. The van der Waals surface area contributed by atoms with E-state index < -0.39 is 0 Å². The number of carbonyl (C=O) groups is 2. The molecule has 2 amide bonds. The fourth-order valence-electron chi connectivity index (χ4n) is 3.31. The van der Waals surface area contributed by atoms with E-state index in [0.717, 1.165) is 11.1 Å². The molecule has 8 heteroatoms. The van der Waals surface area contributed by atoms with Crippen LogP contribution in [-0.4, -0.2) is 40.3 Å². The molecule has 0 aliphatic carbocycles. The van der Waals surface area contributed by atoms with Crippen molar-refractivity contribution in [3.63, 3.8) is 0 Å². The lowest BCUT2D eigenvalue weighted by Gasteiger charge is -2.10. The van der Waals surface area contributed by atoms with Crippen molar-refractivity contribution in [2.45, 2.75) is 0 Å². The smallest absolute Gasteiger partial charge is 0.248 e. The number of carbonyl (C=O) groups excluding carboxylic acids is 2. The summed E-state index contributed by atoms with van der Waals surface area (Å²) in [5.74, 6) is 1.62. The van der Waals surface area contributed by atoms with E-state index in [1.165, 1.54) is 12.2 Å². The number of ether oxygens (including phenoxy) is 4. The number of methoxy groups -OCH3 is 4. The molecule has 3 aromatic carbocycles. The summed E-state index contributed by atoms with van der Waals surface area (Å²) in [6.07, 6.45) is 6.11. The molecule has 0 heterocycles. The van der Waals surface area contributed by atoms with Crippen LogP contribution in [0.1, 0.15) is 11.1 Å². The Labute approximate surface area is 210 Å². The third-order valence-corrected chi connectivity index (χ3v) is 5.11. The van der Waals surface area contributed by atoms with E-state index >= 15 is 0 Å². The van der Waals surface area contributed by atoms with E-state index in [4.69, 9.17) is 18.9 Å². The van der Waals surface area contributed by atoms with Gasteiger partial charge in [0.2, 0.25) is 11.8 Å². The SMILES string of the molecule is COc1ccc(/C=C/C(=O)Nc2ccccc2NC(=O)/C=C/c2ccc(OC)c(OC)c2)cc1OC. The van der Waals surface area contributed by atoms with Crippen molar-refractivity contribution in [2.75, 3.05) is 39.1 Å². The van der Waals surface area contributed by atoms with Crippen LogP contribution in [0.15, 0.2) is 72.8 Å². The van der Waals surface area contributed by atoms with Gasteiger partial charge in [0.15, 0.2) is 23.0 Å². The number of anilines is 2. The maximum absolute atomic E-state index is 12.5. The number of hydrogen-bond donors (Lipinski definition) is 2. The molecule has 0 unspecified atom stereocenters. The molecule has 0 bridgehead atoms. The Balaban J connectivity index is 1.66. The molecule has 0 radical (unpaired) electrons. The van der Waals surface area contributed by atoms with Gasteiger partial charge in [0.25, 0.3) is 0 Å². The molecule has 0 aliphatic heterocycles. The van der Waals surface area contributed by atoms with E-state index in [1.54, 1.807) is 89.1 Å². The standard InChI is InChI=1S/C28H28N2O6/c1-33-23-13-9-19(17-25(23)35-3)11-15-27(31)29-21-7-5-6-8-22(21)30-28(32)16-12-20-10-14-24(34-2)26(18-20)36-4/h5-18H,1-4H3,(H,29,31)(H,30,32)/b15-11+,16-12+. The van der Waals surface area contributed by atoms with Crippen molar-refractivity contribution in [1.82, 2.24) is 0 Å². The molecule has 8 nitrogen and oxygen atoms in total. The average Bonchev–Trinajstić information content (AvgIpc) is 2.91. The first-order valence-electron chi connectivity index (χ1n) is 11.0. The molecule has 0 saturated heterocycles. The van der Waals surface area contributed by atoms with Gasteiger partial charge in [-0.2, -0.15) is 0 Å². The van der Waals surface area contributed by atoms with Gasteiger partial charge in [-0.3, -0.25) is 9.59 Å². The Morgan fingerprint density at radius 1 is 0.583 bits per heavy atom. The quantitative estimate of drug-likeness (QED) is 0.389. The van der Waals surface area contributed by atoms with Crippen LogP contribution in [0.25, 0.3) is 12.2 Å². The topological polar surface area (TPSA) is 95.1 Å². The van der Waals surface area contributed by atoms with E-state index in [1.807, 2.05) is 12.1 Å². The number of rotatable bonds is 10. The molecule has 3 rings (SSSR count). The molecule has 0 spiro atoms. The molecular weight excluding hydrogens is 460 g/mol. The van der Waals surface area contributed by atoms with E-state index in [2.05, 4.69) is 10.6 Å². The lowest BCUT2D eigenvalue weighted by Crippen LogP contribution is -2.13. The maximum atomic E-state index is 12.5. The summed E-state index contributed by atoms with van der Waals surface area (Å²) >= 11 is 0. The van der Waals surface area contributed by atoms with Crippen LogP contribution in [0, 0.1) is 0 Å². The van der Waals surface area contributed by atoms with Crippen molar-refractivity contribution >= 4 is 35.3 Å². The highest BCUT2D eigenvalue weighted by atomic mass is 16.5. The number of hydrogen-bond acceptors (Lipinski definition) is 6. The van der Waals surface area contributed by atoms with Gasteiger partial charge >= 0.3 is 0 Å².